The van der Waals surface area contributed by atoms with Crippen LogP contribution in [0.2, 0.25) is 0 Å². The Balaban J connectivity index is 1.45. The van der Waals surface area contributed by atoms with Crippen molar-refractivity contribution < 1.29 is 14.3 Å². The third-order valence-electron chi connectivity index (χ3n) is 4.20. The molecule has 2 aromatic carbocycles. The minimum Gasteiger partial charge on any atom is -0.454 e. The molecule has 3 N–H and O–H groups in total. The molecule has 3 aromatic rings. The second-order valence-electron chi connectivity index (χ2n) is 6.65. The molecule has 0 saturated carbocycles. The van der Waals surface area contributed by atoms with E-state index in [2.05, 4.69) is 25.9 Å². The molecular formula is C21H21N5O3. The summed E-state index contributed by atoms with van der Waals surface area (Å²) in [6.45, 7) is 4.23. The van der Waals surface area contributed by atoms with Crippen LogP contribution in [0.15, 0.2) is 48.5 Å². The van der Waals surface area contributed by atoms with E-state index in [4.69, 9.17) is 9.47 Å². The number of carbonyl (C=O) groups is 1. The largest absolute Gasteiger partial charge is 0.454 e. The van der Waals surface area contributed by atoms with E-state index in [1.165, 1.54) is 6.92 Å². The van der Waals surface area contributed by atoms with E-state index in [-0.39, 0.29) is 12.7 Å². The standard InChI is InChI=1S/C21H21N5O3/c1-13-8-20(22-11-15-6-7-18-19(9-15)29-12-28-18)26-21(23-13)25-17-5-3-4-16(10-17)24-14(2)27/h3-10H,11-12H2,1-2H3,(H,24,27)(H2,22,23,25,26). The van der Waals surface area contributed by atoms with Gasteiger partial charge in [-0.25, -0.2) is 4.98 Å². The van der Waals surface area contributed by atoms with Gasteiger partial charge in [-0.2, -0.15) is 4.98 Å². The van der Waals surface area contributed by atoms with Gasteiger partial charge in [0.25, 0.3) is 0 Å². The molecule has 0 saturated heterocycles. The molecule has 1 aliphatic heterocycles. The van der Waals surface area contributed by atoms with Crippen LogP contribution in [0.3, 0.4) is 0 Å². The number of carbonyl (C=O) groups excluding carboxylic acids is 1. The number of anilines is 4. The maximum Gasteiger partial charge on any atom is 0.231 e. The van der Waals surface area contributed by atoms with Gasteiger partial charge in [-0.05, 0) is 42.8 Å². The lowest BCUT2D eigenvalue weighted by molar-refractivity contribution is -0.114. The molecule has 1 aliphatic rings. The lowest BCUT2D eigenvalue weighted by Crippen LogP contribution is -2.07. The Bertz CT molecular complexity index is 1050. The highest BCUT2D eigenvalue weighted by Gasteiger charge is 2.13. The maximum atomic E-state index is 11.2. The Morgan fingerprint density at radius 3 is 2.72 bits per heavy atom. The normalized spacial score (nSPS) is 11.8. The lowest BCUT2D eigenvalue weighted by Gasteiger charge is -2.11. The number of amides is 1. The van der Waals surface area contributed by atoms with E-state index < -0.39 is 0 Å². The number of nitrogens with one attached hydrogen (secondary N) is 3. The summed E-state index contributed by atoms with van der Waals surface area (Å²) >= 11 is 0. The molecule has 0 aliphatic carbocycles. The summed E-state index contributed by atoms with van der Waals surface area (Å²) in [6, 6.07) is 15.1. The van der Waals surface area contributed by atoms with E-state index in [0.29, 0.717) is 24.0 Å². The Labute approximate surface area is 168 Å². The number of ether oxygens (including phenoxy) is 2. The van der Waals surface area contributed by atoms with Crippen molar-refractivity contribution in [2.75, 3.05) is 22.7 Å². The summed E-state index contributed by atoms with van der Waals surface area (Å²) < 4.78 is 10.8. The summed E-state index contributed by atoms with van der Waals surface area (Å²) in [7, 11) is 0. The van der Waals surface area contributed by atoms with Gasteiger partial charge in [-0.15, -0.1) is 0 Å². The number of nitrogens with zero attached hydrogens (tertiary/aromatic N) is 2. The van der Waals surface area contributed by atoms with Gasteiger partial charge in [-0.1, -0.05) is 12.1 Å². The highest BCUT2D eigenvalue weighted by molar-refractivity contribution is 5.89. The highest BCUT2D eigenvalue weighted by Crippen LogP contribution is 2.32. The first kappa shape index (κ1) is 18.5. The molecule has 148 valence electrons. The number of hydrogen-bond acceptors (Lipinski definition) is 7. The van der Waals surface area contributed by atoms with Crippen molar-refractivity contribution >= 4 is 29.0 Å². The molecule has 29 heavy (non-hydrogen) atoms. The summed E-state index contributed by atoms with van der Waals surface area (Å²) in [5, 5.41) is 9.25. The van der Waals surface area contributed by atoms with Gasteiger partial charge >= 0.3 is 0 Å². The number of fused-ring (bicyclic) bond motifs is 1. The first-order valence-corrected chi connectivity index (χ1v) is 9.18. The molecule has 0 bridgehead atoms. The van der Waals surface area contributed by atoms with Crippen molar-refractivity contribution in [2.45, 2.75) is 20.4 Å². The molecule has 2 heterocycles. The van der Waals surface area contributed by atoms with Gasteiger partial charge in [-0.3, -0.25) is 4.79 Å². The summed E-state index contributed by atoms with van der Waals surface area (Å²) in [5.74, 6) is 2.57. The van der Waals surface area contributed by atoms with E-state index >= 15 is 0 Å². The first-order valence-electron chi connectivity index (χ1n) is 9.18. The third-order valence-corrected chi connectivity index (χ3v) is 4.20. The van der Waals surface area contributed by atoms with Gasteiger partial charge in [0.15, 0.2) is 11.5 Å². The Kier molecular flexibility index (Phi) is 5.15. The zero-order chi connectivity index (χ0) is 20.2. The second kappa shape index (κ2) is 8.05. The molecule has 0 atom stereocenters. The molecule has 0 radical (unpaired) electrons. The molecule has 4 rings (SSSR count). The number of aromatic nitrogens is 2. The second-order valence-corrected chi connectivity index (χ2v) is 6.65. The van der Waals surface area contributed by atoms with Gasteiger partial charge < -0.3 is 25.4 Å². The highest BCUT2D eigenvalue weighted by atomic mass is 16.7. The SMILES string of the molecule is CC(=O)Nc1cccc(Nc2nc(C)cc(NCc3ccc4c(c3)OCO4)n2)c1. The predicted molar refractivity (Wildman–Crippen MR) is 111 cm³/mol. The van der Waals surface area contributed by atoms with Crippen molar-refractivity contribution in [3.05, 3.63) is 59.8 Å². The molecule has 8 heteroatoms. The van der Waals surface area contributed by atoms with Crippen LogP contribution in [-0.4, -0.2) is 22.7 Å². The van der Waals surface area contributed by atoms with Crippen LogP contribution in [0.25, 0.3) is 0 Å². The average Bonchev–Trinajstić information content (AvgIpc) is 3.13. The maximum absolute atomic E-state index is 11.2. The average molecular weight is 391 g/mol. The van der Waals surface area contributed by atoms with Crippen LogP contribution in [0.1, 0.15) is 18.2 Å². The number of hydrogen-bond donors (Lipinski definition) is 3. The fraction of sp³-hybridized carbons (Fsp3) is 0.190. The molecule has 0 fully saturated rings. The zero-order valence-corrected chi connectivity index (χ0v) is 16.2. The summed E-state index contributed by atoms with van der Waals surface area (Å²) in [4.78, 5) is 20.2. The number of rotatable bonds is 6. The van der Waals surface area contributed by atoms with Crippen LogP contribution < -0.4 is 25.4 Å². The predicted octanol–water partition coefficient (Wildman–Crippen LogP) is 3.83. The van der Waals surface area contributed by atoms with Crippen molar-refractivity contribution in [3.8, 4) is 11.5 Å². The van der Waals surface area contributed by atoms with E-state index in [1.807, 2.05) is 55.5 Å². The van der Waals surface area contributed by atoms with Crippen molar-refractivity contribution in [1.29, 1.82) is 0 Å². The van der Waals surface area contributed by atoms with Crippen LogP contribution in [0, 0.1) is 6.92 Å². The Hall–Kier alpha value is -3.81. The van der Waals surface area contributed by atoms with Gasteiger partial charge in [0.1, 0.15) is 5.82 Å². The molecular weight excluding hydrogens is 370 g/mol. The Morgan fingerprint density at radius 2 is 1.86 bits per heavy atom. The topological polar surface area (TPSA) is 97.4 Å². The smallest absolute Gasteiger partial charge is 0.231 e. The first-order chi connectivity index (χ1) is 14.0. The lowest BCUT2D eigenvalue weighted by atomic mass is 10.2. The molecule has 1 amide bonds. The monoisotopic (exact) mass is 391 g/mol. The Morgan fingerprint density at radius 1 is 1.03 bits per heavy atom. The van der Waals surface area contributed by atoms with Crippen LogP contribution >= 0.6 is 0 Å². The minimum absolute atomic E-state index is 0.121. The van der Waals surface area contributed by atoms with E-state index in [0.717, 1.165) is 28.4 Å². The van der Waals surface area contributed by atoms with E-state index in [9.17, 15) is 4.79 Å². The molecule has 0 spiro atoms. The molecule has 8 nitrogen and oxygen atoms in total. The fourth-order valence-electron chi connectivity index (χ4n) is 2.97. The summed E-state index contributed by atoms with van der Waals surface area (Å²) in [6.07, 6.45) is 0. The fourth-order valence-corrected chi connectivity index (χ4v) is 2.97. The summed E-state index contributed by atoms with van der Waals surface area (Å²) in [5.41, 5.74) is 3.37. The van der Waals surface area contributed by atoms with Crippen molar-refractivity contribution in [1.82, 2.24) is 9.97 Å². The van der Waals surface area contributed by atoms with Crippen LogP contribution in [0.5, 0.6) is 11.5 Å². The van der Waals surface area contributed by atoms with Crippen LogP contribution in [0.4, 0.5) is 23.1 Å². The molecule has 0 unspecified atom stereocenters. The number of benzene rings is 2. The van der Waals surface area contributed by atoms with Gasteiger partial charge in [0.05, 0.1) is 0 Å². The van der Waals surface area contributed by atoms with E-state index in [1.54, 1.807) is 0 Å². The third kappa shape index (κ3) is 4.73. The number of aryl methyl sites for hydroxylation is 1. The van der Waals surface area contributed by atoms with Crippen molar-refractivity contribution in [3.63, 3.8) is 0 Å². The minimum atomic E-state index is -0.121. The quantitative estimate of drug-likeness (QED) is 0.587. The van der Waals surface area contributed by atoms with Crippen LogP contribution in [-0.2, 0) is 11.3 Å². The molecule has 1 aromatic heterocycles. The van der Waals surface area contributed by atoms with Crippen molar-refractivity contribution in [2.24, 2.45) is 0 Å². The zero-order valence-electron chi connectivity index (χ0n) is 16.2. The van der Waals surface area contributed by atoms with Gasteiger partial charge in [0, 0.05) is 36.6 Å². The van der Waals surface area contributed by atoms with Gasteiger partial charge in [0.2, 0.25) is 18.6 Å².